The zero-order valence-corrected chi connectivity index (χ0v) is 10.2. The molecule has 0 radical (unpaired) electrons. The predicted molar refractivity (Wildman–Crippen MR) is 62.7 cm³/mol. The van der Waals surface area contributed by atoms with E-state index in [1.807, 2.05) is 32.0 Å². The van der Waals surface area contributed by atoms with Crippen molar-refractivity contribution in [1.29, 1.82) is 5.26 Å². The lowest BCUT2D eigenvalue weighted by atomic mass is 9.90. The van der Waals surface area contributed by atoms with Crippen LogP contribution in [0.25, 0.3) is 0 Å². The molecule has 0 saturated heterocycles. The summed E-state index contributed by atoms with van der Waals surface area (Å²) < 4.78 is 10.4. The Labute approximate surface area is 96.6 Å². The maximum atomic E-state index is 9.12. The summed E-state index contributed by atoms with van der Waals surface area (Å²) >= 11 is 0. The van der Waals surface area contributed by atoms with Crippen LogP contribution < -0.4 is 9.47 Å². The minimum absolute atomic E-state index is 0.111. The van der Waals surface area contributed by atoms with Crippen LogP contribution in [0.15, 0.2) is 18.2 Å². The number of rotatable bonds is 4. The molecule has 0 aliphatic heterocycles. The van der Waals surface area contributed by atoms with Crippen molar-refractivity contribution in [2.24, 2.45) is 5.92 Å². The second-order valence-corrected chi connectivity index (χ2v) is 3.97. The minimum atomic E-state index is -0.111. The molecule has 86 valence electrons. The molecule has 0 saturated carbocycles. The molecular formula is C13H17NO2. The fraction of sp³-hybridized carbons (Fsp3) is 0.462. The molecule has 3 nitrogen and oxygen atoms in total. The third-order valence-electron chi connectivity index (χ3n) is 2.57. The van der Waals surface area contributed by atoms with Crippen LogP contribution in [0, 0.1) is 17.2 Å². The molecule has 1 aromatic carbocycles. The van der Waals surface area contributed by atoms with Crippen LogP contribution in [0.1, 0.15) is 25.3 Å². The first-order chi connectivity index (χ1) is 7.63. The Morgan fingerprint density at radius 1 is 1.12 bits per heavy atom. The molecule has 3 heteroatoms. The number of ether oxygens (including phenoxy) is 2. The summed E-state index contributed by atoms with van der Waals surface area (Å²) in [6.45, 7) is 4.06. The van der Waals surface area contributed by atoms with Crippen molar-refractivity contribution in [2.75, 3.05) is 14.2 Å². The highest BCUT2D eigenvalue weighted by Crippen LogP contribution is 2.32. The lowest BCUT2D eigenvalue weighted by Gasteiger charge is -2.15. The molecule has 0 fully saturated rings. The standard InChI is InChI=1S/C13H17NO2/c1-9(2)11(8-14)10-5-6-12(15-3)13(7-10)16-4/h5-7,9,11H,1-4H3/t11-/m1/s1. The molecule has 16 heavy (non-hydrogen) atoms. The molecule has 1 rings (SSSR count). The van der Waals surface area contributed by atoms with Gasteiger partial charge >= 0.3 is 0 Å². The van der Waals surface area contributed by atoms with E-state index in [0.717, 1.165) is 5.56 Å². The quantitative estimate of drug-likeness (QED) is 0.781. The normalized spacial score (nSPS) is 12.0. The minimum Gasteiger partial charge on any atom is -0.493 e. The smallest absolute Gasteiger partial charge is 0.161 e. The van der Waals surface area contributed by atoms with Gasteiger partial charge in [0.25, 0.3) is 0 Å². The molecule has 0 N–H and O–H groups in total. The van der Waals surface area contributed by atoms with E-state index in [0.29, 0.717) is 11.5 Å². The van der Waals surface area contributed by atoms with Gasteiger partial charge in [0.15, 0.2) is 11.5 Å². The zero-order valence-electron chi connectivity index (χ0n) is 10.2. The highest BCUT2D eigenvalue weighted by molar-refractivity contribution is 5.45. The van der Waals surface area contributed by atoms with Gasteiger partial charge in [0.05, 0.1) is 26.2 Å². The van der Waals surface area contributed by atoms with Crippen LogP contribution >= 0.6 is 0 Å². The molecule has 0 aliphatic rings. The lowest BCUT2D eigenvalue weighted by molar-refractivity contribution is 0.354. The van der Waals surface area contributed by atoms with Crippen LogP contribution in [-0.4, -0.2) is 14.2 Å². The van der Waals surface area contributed by atoms with Gasteiger partial charge in [-0.05, 0) is 23.6 Å². The van der Waals surface area contributed by atoms with Crippen molar-refractivity contribution in [2.45, 2.75) is 19.8 Å². The number of nitriles is 1. The first-order valence-electron chi connectivity index (χ1n) is 5.25. The van der Waals surface area contributed by atoms with Gasteiger partial charge < -0.3 is 9.47 Å². The predicted octanol–water partition coefficient (Wildman–Crippen LogP) is 2.97. The third-order valence-corrected chi connectivity index (χ3v) is 2.57. The molecule has 0 unspecified atom stereocenters. The zero-order chi connectivity index (χ0) is 12.1. The number of hydrogen-bond donors (Lipinski definition) is 0. The van der Waals surface area contributed by atoms with Crippen LogP contribution in [0.3, 0.4) is 0 Å². The van der Waals surface area contributed by atoms with E-state index in [2.05, 4.69) is 6.07 Å². The average Bonchev–Trinajstić information content (AvgIpc) is 2.29. The van der Waals surface area contributed by atoms with E-state index in [9.17, 15) is 0 Å². The third kappa shape index (κ3) is 2.46. The summed E-state index contributed by atoms with van der Waals surface area (Å²) in [6.07, 6.45) is 0. The molecule has 1 aromatic rings. The maximum Gasteiger partial charge on any atom is 0.161 e. The number of nitrogens with zero attached hydrogens (tertiary/aromatic N) is 1. The molecule has 0 heterocycles. The Hall–Kier alpha value is -1.69. The Morgan fingerprint density at radius 3 is 2.19 bits per heavy atom. The van der Waals surface area contributed by atoms with E-state index >= 15 is 0 Å². The van der Waals surface area contributed by atoms with E-state index in [1.165, 1.54) is 0 Å². The van der Waals surface area contributed by atoms with Crippen LogP contribution in [0.5, 0.6) is 11.5 Å². The van der Waals surface area contributed by atoms with Gasteiger partial charge in [-0.25, -0.2) is 0 Å². The van der Waals surface area contributed by atoms with E-state index in [1.54, 1.807) is 14.2 Å². The summed E-state index contributed by atoms with van der Waals surface area (Å²) in [5.74, 6) is 1.52. The van der Waals surface area contributed by atoms with Crippen molar-refractivity contribution in [3.05, 3.63) is 23.8 Å². The summed E-state index contributed by atoms with van der Waals surface area (Å²) in [6, 6.07) is 7.92. The number of benzene rings is 1. The molecule has 0 spiro atoms. The van der Waals surface area contributed by atoms with Crippen LogP contribution in [0.2, 0.25) is 0 Å². The molecule has 0 aliphatic carbocycles. The number of methoxy groups -OCH3 is 2. The first-order valence-corrected chi connectivity index (χ1v) is 5.25. The van der Waals surface area contributed by atoms with Gasteiger partial charge in [-0.3, -0.25) is 0 Å². The average molecular weight is 219 g/mol. The summed E-state index contributed by atoms with van der Waals surface area (Å²) in [4.78, 5) is 0. The molecule has 0 bridgehead atoms. The van der Waals surface area contributed by atoms with E-state index < -0.39 is 0 Å². The van der Waals surface area contributed by atoms with E-state index in [-0.39, 0.29) is 11.8 Å². The maximum absolute atomic E-state index is 9.12. The summed E-state index contributed by atoms with van der Waals surface area (Å²) in [5, 5.41) is 9.12. The SMILES string of the molecule is COc1ccc([C@H](C#N)C(C)C)cc1OC. The van der Waals surface area contributed by atoms with Crippen molar-refractivity contribution in [3.8, 4) is 17.6 Å². The Balaban J connectivity index is 3.12. The molecule has 1 atom stereocenters. The fourth-order valence-electron chi connectivity index (χ4n) is 1.65. The topological polar surface area (TPSA) is 42.2 Å². The largest absolute Gasteiger partial charge is 0.493 e. The van der Waals surface area contributed by atoms with Crippen molar-refractivity contribution in [1.82, 2.24) is 0 Å². The first kappa shape index (κ1) is 12.4. The van der Waals surface area contributed by atoms with Gasteiger partial charge in [0.1, 0.15) is 0 Å². The Bertz CT molecular complexity index is 393. The second kappa shape index (κ2) is 5.41. The molecule has 0 aromatic heterocycles. The Morgan fingerprint density at radius 2 is 1.75 bits per heavy atom. The van der Waals surface area contributed by atoms with Crippen LogP contribution in [-0.2, 0) is 0 Å². The monoisotopic (exact) mass is 219 g/mol. The van der Waals surface area contributed by atoms with Crippen molar-refractivity contribution < 1.29 is 9.47 Å². The molecular weight excluding hydrogens is 202 g/mol. The van der Waals surface area contributed by atoms with Gasteiger partial charge in [-0.2, -0.15) is 5.26 Å². The highest BCUT2D eigenvalue weighted by atomic mass is 16.5. The second-order valence-electron chi connectivity index (χ2n) is 3.97. The Kier molecular flexibility index (Phi) is 4.19. The van der Waals surface area contributed by atoms with Gasteiger partial charge in [-0.15, -0.1) is 0 Å². The van der Waals surface area contributed by atoms with Crippen molar-refractivity contribution in [3.63, 3.8) is 0 Å². The summed E-state index contributed by atoms with van der Waals surface area (Å²) in [5.41, 5.74) is 0.968. The molecule has 0 amide bonds. The van der Waals surface area contributed by atoms with Crippen molar-refractivity contribution >= 4 is 0 Å². The van der Waals surface area contributed by atoms with Gasteiger partial charge in [-0.1, -0.05) is 19.9 Å². The fourth-order valence-corrected chi connectivity index (χ4v) is 1.65. The highest BCUT2D eigenvalue weighted by Gasteiger charge is 2.16. The summed E-state index contributed by atoms with van der Waals surface area (Å²) in [7, 11) is 3.19. The van der Waals surface area contributed by atoms with E-state index in [4.69, 9.17) is 14.7 Å². The van der Waals surface area contributed by atoms with Crippen LogP contribution in [0.4, 0.5) is 0 Å². The lowest BCUT2D eigenvalue weighted by Crippen LogP contribution is -2.04. The van der Waals surface area contributed by atoms with Gasteiger partial charge in [0.2, 0.25) is 0 Å². The number of hydrogen-bond acceptors (Lipinski definition) is 3. The van der Waals surface area contributed by atoms with Gasteiger partial charge in [0, 0.05) is 0 Å².